The molecular formula is C15H16BrClN2. The number of nitrogens with zero attached hydrogens (tertiary/aromatic N) is 1. The number of anilines is 1. The second kappa shape index (κ2) is 6.42. The summed E-state index contributed by atoms with van der Waals surface area (Å²) in [5.41, 5.74) is 9.18. The second-order valence-corrected chi connectivity index (χ2v) is 5.90. The van der Waals surface area contributed by atoms with Gasteiger partial charge < -0.3 is 5.73 Å². The summed E-state index contributed by atoms with van der Waals surface area (Å²) in [6.45, 7) is 1.66. The molecular weight excluding hydrogens is 324 g/mol. The summed E-state index contributed by atoms with van der Waals surface area (Å²) in [7, 11) is 2.08. The molecule has 100 valence electrons. The van der Waals surface area contributed by atoms with Gasteiger partial charge in [-0.3, -0.25) is 4.90 Å². The van der Waals surface area contributed by atoms with Gasteiger partial charge >= 0.3 is 0 Å². The van der Waals surface area contributed by atoms with Gasteiger partial charge in [0.15, 0.2) is 0 Å². The van der Waals surface area contributed by atoms with Gasteiger partial charge in [-0.2, -0.15) is 0 Å². The van der Waals surface area contributed by atoms with Gasteiger partial charge in [-0.25, -0.2) is 0 Å². The summed E-state index contributed by atoms with van der Waals surface area (Å²) in [5.74, 6) is 0. The van der Waals surface area contributed by atoms with Crippen molar-refractivity contribution in [2.45, 2.75) is 13.1 Å². The highest BCUT2D eigenvalue weighted by atomic mass is 79.9. The Morgan fingerprint density at radius 1 is 1.11 bits per heavy atom. The standard InChI is InChI=1S/C15H16BrClN2/c1-19(9-11-5-7-12(17)8-6-11)10-13-14(16)3-2-4-15(13)18/h2-8H,9-10,18H2,1H3. The zero-order chi connectivity index (χ0) is 13.8. The molecule has 2 rings (SSSR count). The van der Waals surface area contributed by atoms with Crippen LogP contribution in [0.4, 0.5) is 5.69 Å². The molecule has 0 saturated heterocycles. The summed E-state index contributed by atoms with van der Waals surface area (Å²) in [6, 6.07) is 13.8. The van der Waals surface area contributed by atoms with Crippen LogP contribution in [0.3, 0.4) is 0 Å². The SMILES string of the molecule is CN(Cc1ccc(Cl)cc1)Cc1c(N)cccc1Br. The van der Waals surface area contributed by atoms with E-state index in [-0.39, 0.29) is 0 Å². The molecule has 2 aromatic rings. The Hall–Kier alpha value is -1.03. The van der Waals surface area contributed by atoms with Crippen molar-refractivity contribution in [3.8, 4) is 0 Å². The first-order valence-electron chi connectivity index (χ1n) is 6.02. The van der Waals surface area contributed by atoms with E-state index in [1.807, 2.05) is 42.5 Å². The normalized spacial score (nSPS) is 10.9. The lowest BCUT2D eigenvalue weighted by Crippen LogP contribution is -2.18. The van der Waals surface area contributed by atoms with Crippen LogP contribution in [0.2, 0.25) is 5.02 Å². The van der Waals surface area contributed by atoms with Crippen LogP contribution in [-0.4, -0.2) is 11.9 Å². The van der Waals surface area contributed by atoms with E-state index >= 15 is 0 Å². The van der Waals surface area contributed by atoms with Crippen LogP contribution in [0.15, 0.2) is 46.9 Å². The van der Waals surface area contributed by atoms with Crippen LogP contribution in [0, 0.1) is 0 Å². The van der Waals surface area contributed by atoms with E-state index in [0.717, 1.165) is 33.8 Å². The largest absolute Gasteiger partial charge is 0.398 e. The third-order valence-electron chi connectivity index (χ3n) is 2.95. The average Bonchev–Trinajstić information content (AvgIpc) is 2.37. The molecule has 2 aromatic carbocycles. The highest BCUT2D eigenvalue weighted by Crippen LogP contribution is 2.24. The van der Waals surface area contributed by atoms with E-state index in [2.05, 4.69) is 27.9 Å². The Labute approximate surface area is 127 Å². The minimum atomic E-state index is 0.765. The Morgan fingerprint density at radius 3 is 2.42 bits per heavy atom. The van der Waals surface area contributed by atoms with Crippen LogP contribution >= 0.6 is 27.5 Å². The molecule has 0 fully saturated rings. The van der Waals surface area contributed by atoms with E-state index in [4.69, 9.17) is 17.3 Å². The molecule has 4 heteroatoms. The maximum Gasteiger partial charge on any atom is 0.0406 e. The monoisotopic (exact) mass is 338 g/mol. The average molecular weight is 340 g/mol. The predicted octanol–water partition coefficient (Wildman–Crippen LogP) is 4.32. The number of nitrogens with two attached hydrogens (primary N) is 1. The number of nitrogen functional groups attached to an aromatic ring is 1. The summed E-state index contributed by atoms with van der Waals surface area (Å²) in [5, 5.41) is 0.765. The Bertz CT molecular complexity index is 534. The third-order valence-corrected chi connectivity index (χ3v) is 3.94. The number of hydrogen-bond acceptors (Lipinski definition) is 2. The van der Waals surface area contributed by atoms with Gasteiger partial charge in [-0.1, -0.05) is 45.7 Å². The van der Waals surface area contributed by atoms with Crippen LogP contribution in [0.25, 0.3) is 0 Å². The van der Waals surface area contributed by atoms with Crippen molar-refractivity contribution < 1.29 is 0 Å². The Kier molecular flexibility index (Phi) is 4.86. The van der Waals surface area contributed by atoms with Crippen LogP contribution in [-0.2, 0) is 13.1 Å². The summed E-state index contributed by atoms with van der Waals surface area (Å²) < 4.78 is 1.05. The van der Waals surface area contributed by atoms with Crippen molar-refractivity contribution in [1.82, 2.24) is 4.90 Å². The van der Waals surface area contributed by atoms with Gasteiger partial charge in [0.2, 0.25) is 0 Å². The number of rotatable bonds is 4. The van der Waals surface area contributed by atoms with E-state index in [9.17, 15) is 0 Å². The highest BCUT2D eigenvalue weighted by Gasteiger charge is 2.08. The molecule has 0 aliphatic carbocycles. The quantitative estimate of drug-likeness (QED) is 0.841. The molecule has 0 spiro atoms. The maximum absolute atomic E-state index is 6.01. The number of halogens is 2. The van der Waals surface area contributed by atoms with Gasteiger partial charge in [0.1, 0.15) is 0 Å². The molecule has 0 heterocycles. The van der Waals surface area contributed by atoms with Crippen molar-refractivity contribution in [3.05, 3.63) is 63.1 Å². The van der Waals surface area contributed by atoms with Gasteiger partial charge in [0.25, 0.3) is 0 Å². The lowest BCUT2D eigenvalue weighted by molar-refractivity contribution is 0.319. The Balaban J connectivity index is 2.05. The van der Waals surface area contributed by atoms with Gasteiger partial charge in [0.05, 0.1) is 0 Å². The molecule has 2 nitrogen and oxygen atoms in total. The first-order chi connectivity index (χ1) is 9.06. The van der Waals surface area contributed by atoms with E-state index in [1.165, 1.54) is 5.56 Å². The zero-order valence-corrected chi connectivity index (χ0v) is 13.1. The predicted molar refractivity (Wildman–Crippen MR) is 85.2 cm³/mol. The Morgan fingerprint density at radius 2 is 1.79 bits per heavy atom. The van der Waals surface area contributed by atoms with E-state index < -0.39 is 0 Å². The first-order valence-corrected chi connectivity index (χ1v) is 7.19. The fourth-order valence-corrected chi connectivity index (χ4v) is 2.60. The molecule has 0 radical (unpaired) electrons. The summed E-state index contributed by atoms with van der Waals surface area (Å²) in [4.78, 5) is 2.22. The molecule has 0 atom stereocenters. The van der Waals surface area contributed by atoms with Crippen LogP contribution in [0.5, 0.6) is 0 Å². The molecule has 19 heavy (non-hydrogen) atoms. The maximum atomic E-state index is 6.01. The molecule has 0 bridgehead atoms. The van der Waals surface area contributed by atoms with Crippen molar-refractivity contribution in [3.63, 3.8) is 0 Å². The number of hydrogen-bond donors (Lipinski definition) is 1. The lowest BCUT2D eigenvalue weighted by Gasteiger charge is -2.19. The minimum absolute atomic E-state index is 0.765. The topological polar surface area (TPSA) is 29.3 Å². The molecule has 2 N–H and O–H groups in total. The molecule has 0 saturated carbocycles. The summed E-state index contributed by atoms with van der Waals surface area (Å²) in [6.07, 6.45) is 0. The van der Waals surface area contributed by atoms with Gasteiger partial charge in [0, 0.05) is 33.8 Å². The summed E-state index contributed by atoms with van der Waals surface area (Å²) >= 11 is 9.43. The van der Waals surface area contributed by atoms with E-state index in [1.54, 1.807) is 0 Å². The molecule has 0 unspecified atom stereocenters. The fourth-order valence-electron chi connectivity index (χ4n) is 1.97. The third kappa shape index (κ3) is 3.96. The van der Waals surface area contributed by atoms with Gasteiger partial charge in [-0.15, -0.1) is 0 Å². The lowest BCUT2D eigenvalue weighted by atomic mass is 10.1. The molecule has 0 amide bonds. The zero-order valence-electron chi connectivity index (χ0n) is 10.7. The molecule has 0 aliphatic rings. The van der Waals surface area contributed by atoms with Crippen molar-refractivity contribution >= 4 is 33.2 Å². The molecule has 0 aromatic heterocycles. The van der Waals surface area contributed by atoms with Crippen LogP contribution in [0.1, 0.15) is 11.1 Å². The second-order valence-electron chi connectivity index (χ2n) is 4.61. The fraction of sp³-hybridized carbons (Fsp3) is 0.200. The molecule has 0 aliphatic heterocycles. The van der Waals surface area contributed by atoms with E-state index in [0.29, 0.717) is 0 Å². The minimum Gasteiger partial charge on any atom is -0.398 e. The van der Waals surface area contributed by atoms with Crippen LogP contribution < -0.4 is 5.73 Å². The number of benzene rings is 2. The highest BCUT2D eigenvalue weighted by molar-refractivity contribution is 9.10. The first kappa shape index (κ1) is 14.4. The van der Waals surface area contributed by atoms with Crippen molar-refractivity contribution in [2.75, 3.05) is 12.8 Å². The van der Waals surface area contributed by atoms with Crippen molar-refractivity contribution in [2.24, 2.45) is 0 Å². The van der Waals surface area contributed by atoms with Crippen molar-refractivity contribution in [1.29, 1.82) is 0 Å². The van der Waals surface area contributed by atoms with Gasteiger partial charge in [-0.05, 0) is 36.9 Å². The smallest absolute Gasteiger partial charge is 0.0406 e.